The smallest absolute Gasteiger partial charge is 0.308 e. The van der Waals surface area contributed by atoms with Crippen molar-refractivity contribution in [3.05, 3.63) is 34.9 Å². The highest BCUT2D eigenvalue weighted by Crippen LogP contribution is 2.29. The molecular weight excluding hydrogens is 330 g/mol. The van der Waals surface area contributed by atoms with Gasteiger partial charge in [0.15, 0.2) is 0 Å². The molecule has 2 atom stereocenters. The summed E-state index contributed by atoms with van der Waals surface area (Å²) in [4.78, 5) is 26.1. The number of hydrazine groups is 1. The SMILES string of the molecule is COC(=O)C1CCN(C(=O)C2CC(c3ccccc3Cl)NN2)CC1. The first-order valence-corrected chi connectivity index (χ1v) is 8.60. The molecule has 2 fully saturated rings. The number of hydrogen-bond acceptors (Lipinski definition) is 5. The van der Waals surface area contributed by atoms with E-state index in [0.717, 1.165) is 5.56 Å². The topological polar surface area (TPSA) is 70.7 Å². The normalized spacial score (nSPS) is 24.8. The number of halogens is 1. The average molecular weight is 352 g/mol. The van der Waals surface area contributed by atoms with Gasteiger partial charge in [0.25, 0.3) is 0 Å². The van der Waals surface area contributed by atoms with Crippen LogP contribution in [0.5, 0.6) is 0 Å². The molecule has 6 nitrogen and oxygen atoms in total. The van der Waals surface area contributed by atoms with Gasteiger partial charge >= 0.3 is 5.97 Å². The summed E-state index contributed by atoms with van der Waals surface area (Å²) in [5.41, 5.74) is 7.24. The van der Waals surface area contributed by atoms with Crippen LogP contribution in [0.25, 0.3) is 0 Å². The third-order valence-corrected chi connectivity index (χ3v) is 5.17. The number of piperidine rings is 1. The van der Waals surface area contributed by atoms with Crippen LogP contribution >= 0.6 is 11.6 Å². The van der Waals surface area contributed by atoms with E-state index in [1.165, 1.54) is 7.11 Å². The third-order valence-electron chi connectivity index (χ3n) is 4.82. The molecule has 130 valence electrons. The Morgan fingerprint density at radius 1 is 1.21 bits per heavy atom. The standard InChI is InChI=1S/C17H22ClN3O3/c1-24-17(23)11-6-8-21(9-7-11)16(22)15-10-14(19-20-15)12-4-2-3-5-13(12)18/h2-5,11,14-15,19-20H,6-10H2,1H3. The summed E-state index contributed by atoms with van der Waals surface area (Å²) < 4.78 is 4.78. The maximum atomic E-state index is 12.7. The molecule has 1 amide bonds. The molecule has 0 aliphatic carbocycles. The molecule has 24 heavy (non-hydrogen) atoms. The van der Waals surface area contributed by atoms with Crippen molar-refractivity contribution in [1.82, 2.24) is 15.8 Å². The Balaban J connectivity index is 1.56. The van der Waals surface area contributed by atoms with Gasteiger partial charge in [-0.15, -0.1) is 0 Å². The first kappa shape index (κ1) is 17.2. The first-order chi connectivity index (χ1) is 11.6. The second kappa shape index (κ2) is 7.51. The molecule has 1 aromatic rings. The summed E-state index contributed by atoms with van der Waals surface area (Å²) in [5, 5.41) is 0.698. The maximum absolute atomic E-state index is 12.7. The molecule has 2 aliphatic rings. The number of amides is 1. The Morgan fingerprint density at radius 3 is 2.58 bits per heavy atom. The largest absolute Gasteiger partial charge is 0.469 e. The molecule has 2 N–H and O–H groups in total. The maximum Gasteiger partial charge on any atom is 0.308 e. The van der Waals surface area contributed by atoms with Gasteiger partial charge < -0.3 is 9.64 Å². The van der Waals surface area contributed by atoms with E-state index >= 15 is 0 Å². The summed E-state index contributed by atoms with van der Waals surface area (Å²) in [5.74, 6) is -0.202. The zero-order chi connectivity index (χ0) is 17.1. The zero-order valence-corrected chi connectivity index (χ0v) is 14.4. The van der Waals surface area contributed by atoms with E-state index in [0.29, 0.717) is 37.4 Å². The van der Waals surface area contributed by atoms with Crippen molar-refractivity contribution in [3.8, 4) is 0 Å². The van der Waals surface area contributed by atoms with E-state index in [1.54, 1.807) is 0 Å². The molecule has 0 saturated carbocycles. The molecule has 0 bridgehead atoms. The highest BCUT2D eigenvalue weighted by atomic mass is 35.5. The van der Waals surface area contributed by atoms with Crippen molar-refractivity contribution in [1.29, 1.82) is 0 Å². The average Bonchev–Trinajstić information content (AvgIpc) is 3.11. The lowest BCUT2D eigenvalue weighted by Gasteiger charge is -2.32. The summed E-state index contributed by atoms with van der Waals surface area (Å²) in [6, 6.07) is 7.39. The summed E-state index contributed by atoms with van der Waals surface area (Å²) >= 11 is 6.23. The second-order valence-electron chi connectivity index (χ2n) is 6.27. The molecule has 2 aliphatic heterocycles. The van der Waals surface area contributed by atoms with Gasteiger partial charge in [-0.3, -0.25) is 9.59 Å². The van der Waals surface area contributed by atoms with Gasteiger partial charge in [-0.25, -0.2) is 10.9 Å². The lowest BCUT2D eigenvalue weighted by molar-refractivity contribution is -0.149. The number of methoxy groups -OCH3 is 1. The van der Waals surface area contributed by atoms with Crippen LogP contribution in [0, 0.1) is 5.92 Å². The number of ether oxygens (including phenoxy) is 1. The Kier molecular flexibility index (Phi) is 5.38. The van der Waals surface area contributed by atoms with Gasteiger partial charge in [0.2, 0.25) is 5.91 Å². The van der Waals surface area contributed by atoms with Crippen molar-refractivity contribution in [2.24, 2.45) is 5.92 Å². The molecule has 2 saturated heterocycles. The van der Waals surface area contributed by atoms with E-state index in [9.17, 15) is 9.59 Å². The van der Waals surface area contributed by atoms with Gasteiger partial charge in [-0.05, 0) is 30.9 Å². The first-order valence-electron chi connectivity index (χ1n) is 8.22. The Labute approximate surface area is 146 Å². The number of nitrogens with one attached hydrogen (secondary N) is 2. The monoisotopic (exact) mass is 351 g/mol. The van der Waals surface area contributed by atoms with Gasteiger partial charge in [0.05, 0.1) is 13.0 Å². The zero-order valence-electron chi connectivity index (χ0n) is 13.6. The van der Waals surface area contributed by atoms with Gasteiger partial charge in [0.1, 0.15) is 6.04 Å². The van der Waals surface area contributed by atoms with Crippen LogP contribution in [0.1, 0.15) is 30.9 Å². The fraction of sp³-hybridized carbons (Fsp3) is 0.529. The van der Waals surface area contributed by atoms with E-state index in [1.807, 2.05) is 29.2 Å². The van der Waals surface area contributed by atoms with Crippen LogP contribution in [0.3, 0.4) is 0 Å². The van der Waals surface area contributed by atoms with Crippen molar-refractivity contribution < 1.29 is 14.3 Å². The van der Waals surface area contributed by atoms with E-state index in [2.05, 4.69) is 10.9 Å². The van der Waals surface area contributed by atoms with E-state index in [-0.39, 0.29) is 29.9 Å². The lowest BCUT2D eigenvalue weighted by Crippen LogP contribution is -2.49. The van der Waals surface area contributed by atoms with Crippen LogP contribution in [-0.4, -0.2) is 43.0 Å². The van der Waals surface area contributed by atoms with Crippen molar-refractivity contribution >= 4 is 23.5 Å². The molecule has 0 radical (unpaired) electrons. The summed E-state index contributed by atoms with van der Waals surface area (Å²) in [6.07, 6.45) is 1.97. The molecule has 2 heterocycles. The number of hydrogen-bond donors (Lipinski definition) is 2. The Hall–Kier alpha value is -1.63. The number of carbonyl (C=O) groups is 2. The highest BCUT2D eigenvalue weighted by Gasteiger charge is 2.36. The highest BCUT2D eigenvalue weighted by molar-refractivity contribution is 6.31. The van der Waals surface area contributed by atoms with Crippen molar-refractivity contribution in [2.45, 2.75) is 31.3 Å². The van der Waals surface area contributed by atoms with Crippen molar-refractivity contribution in [2.75, 3.05) is 20.2 Å². The predicted molar refractivity (Wildman–Crippen MR) is 90.2 cm³/mol. The summed E-state index contributed by atoms with van der Waals surface area (Å²) in [6.45, 7) is 1.18. The minimum absolute atomic E-state index is 0.0141. The molecule has 0 spiro atoms. The van der Waals surface area contributed by atoms with Crippen LogP contribution in [0.2, 0.25) is 5.02 Å². The van der Waals surface area contributed by atoms with Gasteiger partial charge in [-0.2, -0.15) is 0 Å². The quantitative estimate of drug-likeness (QED) is 0.810. The minimum Gasteiger partial charge on any atom is -0.469 e. The number of esters is 1. The van der Waals surface area contributed by atoms with Crippen LogP contribution in [0.15, 0.2) is 24.3 Å². The fourth-order valence-corrected chi connectivity index (χ4v) is 3.67. The number of likely N-dealkylation sites (tertiary alicyclic amines) is 1. The molecule has 3 rings (SSSR count). The number of carbonyl (C=O) groups excluding carboxylic acids is 2. The van der Waals surface area contributed by atoms with Gasteiger partial charge in [0, 0.05) is 24.2 Å². The fourth-order valence-electron chi connectivity index (χ4n) is 3.40. The lowest BCUT2D eigenvalue weighted by atomic mass is 9.95. The Morgan fingerprint density at radius 2 is 1.92 bits per heavy atom. The molecule has 2 unspecified atom stereocenters. The number of benzene rings is 1. The number of nitrogens with zero attached hydrogens (tertiary/aromatic N) is 1. The van der Waals surface area contributed by atoms with Crippen molar-refractivity contribution in [3.63, 3.8) is 0 Å². The Bertz CT molecular complexity index is 617. The molecular formula is C17H22ClN3O3. The van der Waals surface area contributed by atoms with Gasteiger partial charge in [-0.1, -0.05) is 29.8 Å². The van der Waals surface area contributed by atoms with E-state index < -0.39 is 0 Å². The van der Waals surface area contributed by atoms with E-state index in [4.69, 9.17) is 16.3 Å². The molecule has 0 aromatic heterocycles. The molecule has 1 aromatic carbocycles. The third kappa shape index (κ3) is 3.55. The predicted octanol–water partition coefficient (Wildman–Crippen LogP) is 1.66. The second-order valence-corrected chi connectivity index (χ2v) is 6.68. The van der Waals surface area contributed by atoms with Crippen LogP contribution < -0.4 is 10.9 Å². The number of rotatable bonds is 3. The van der Waals surface area contributed by atoms with Crippen LogP contribution in [-0.2, 0) is 14.3 Å². The minimum atomic E-state index is -0.277. The van der Waals surface area contributed by atoms with Crippen LogP contribution in [0.4, 0.5) is 0 Å². The molecule has 7 heteroatoms. The summed E-state index contributed by atoms with van der Waals surface area (Å²) in [7, 11) is 1.41.